The quantitative estimate of drug-likeness (QED) is 0.0263. The number of hydrogen-bond acceptors (Lipinski definition) is 16. The van der Waals surface area contributed by atoms with Gasteiger partial charge in [-0.3, -0.25) is 43.3 Å². The number of aliphatic hydroxyl groups excluding tert-OH is 1. The number of carbonyl (C=O) groups is 9. The number of anilines is 3. The number of methoxy groups -OCH3 is 1. The predicted molar refractivity (Wildman–Crippen MR) is 376 cm³/mol. The number of amides is 7. The minimum Gasteiger partial charge on any atom is -0.508 e. The Labute approximate surface area is 584 Å². The van der Waals surface area contributed by atoms with E-state index in [9.17, 15) is 53.4 Å². The number of phenols is 1. The second-order valence-electron chi connectivity index (χ2n) is 26.9. The number of nitrogens with one attached hydrogen (secondary N) is 3. The van der Waals surface area contributed by atoms with Gasteiger partial charge in [-0.25, -0.2) is 9.69 Å². The SMILES string of the molecule is COc1cc2c(cc1OCCCOc1cc3c(cc1C)C(=O)N1CC4(CC4)C[C@H]1C(O)N3C(=O)OCc1ccc(NC(=O)[C@H](C)NC(=O)[C@@H](CC(=O)CNC(=O)CCC(=O)CCC(=O)N3Cc4ccccc4C#Cc4ccccc43)C(C)C)cc1)N=C[C@@H]1CC(c3ccc(O)cc3)=CN1C2=O. The van der Waals surface area contributed by atoms with E-state index in [0.29, 0.717) is 82.4 Å². The topological polar surface area (TPSA) is 292 Å². The van der Waals surface area contributed by atoms with Crippen molar-refractivity contribution in [2.45, 2.75) is 129 Å². The number of phenolic OH excluding ortho intramolecular Hbond substituents is 1. The standard InChI is InChI=1S/C78H80N8O15/c1-46(2)60(35-59(89)41-80-70(90)27-25-58(88)26-28-71(91)84-42-53-13-7-6-11-50(53)17-18-52-12-8-9-14-64(52)84)73(93)81-48(4)72(92)82-55-21-15-49(16-22-55)44-101-77(97)86-65-38-67(47(3)33-62(65)75(95)85-45-78(29-30-78)39-66(85)76(86)96)99-31-10-32-100-69-37-63-61(36-68(69)98-5)74(94)83-43-54(34-56(83)40-79-63)51-19-23-57(87)24-20-51/h6-9,11-16,19-24,33,36-38,40,43,46,48,56,60,66,76,87,96H,10,25-32,34-35,39,41-42,44-45H2,1-5H3,(H,80,90)(H,81,93)(H,82,92)/t48-,56-,60-,66-,76?/m0/s1. The van der Waals surface area contributed by atoms with Gasteiger partial charge >= 0.3 is 6.09 Å². The number of aliphatic hydroxyl groups is 1. The molecule has 101 heavy (non-hydrogen) atoms. The van der Waals surface area contributed by atoms with Crippen molar-refractivity contribution >= 4 is 87.6 Å². The van der Waals surface area contributed by atoms with Crippen LogP contribution in [0.5, 0.6) is 23.0 Å². The second-order valence-corrected chi connectivity index (χ2v) is 26.9. The van der Waals surface area contributed by atoms with Crippen LogP contribution in [0.2, 0.25) is 0 Å². The molecule has 6 aliphatic rings. The summed E-state index contributed by atoms with van der Waals surface area (Å²) in [5.74, 6) is 3.27. The van der Waals surface area contributed by atoms with Crippen LogP contribution < -0.4 is 40.0 Å². The third-order valence-electron chi connectivity index (χ3n) is 19.4. The van der Waals surface area contributed by atoms with Gasteiger partial charge in [-0.1, -0.05) is 80.3 Å². The van der Waals surface area contributed by atoms with Crippen LogP contribution in [0.25, 0.3) is 5.57 Å². The molecule has 1 saturated carbocycles. The van der Waals surface area contributed by atoms with Crippen molar-refractivity contribution in [2.24, 2.45) is 22.2 Å². The van der Waals surface area contributed by atoms with Gasteiger partial charge in [-0.2, -0.15) is 0 Å². The first-order valence-corrected chi connectivity index (χ1v) is 34.1. The molecule has 6 aromatic carbocycles. The molecule has 522 valence electrons. The van der Waals surface area contributed by atoms with Gasteiger partial charge in [0.2, 0.25) is 23.6 Å². The maximum Gasteiger partial charge on any atom is 0.416 e. The van der Waals surface area contributed by atoms with E-state index in [1.807, 2.05) is 66.9 Å². The van der Waals surface area contributed by atoms with Gasteiger partial charge in [0.05, 0.1) is 73.7 Å². The molecule has 0 bridgehead atoms. The Morgan fingerprint density at radius 3 is 2.21 bits per heavy atom. The lowest BCUT2D eigenvalue weighted by Gasteiger charge is -2.31. The molecule has 23 nitrogen and oxygen atoms in total. The second kappa shape index (κ2) is 30.2. The van der Waals surface area contributed by atoms with Crippen molar-refractivity contribution in [1.29, 1.82) is 0 Å². The number of rotatable bonds is 25. The molecular formula is C78H80N8O15. The summed E-state index contributed by atoms with van der Waals surface area (Å²) < 4.78 is 24.1. The van der Waals surface area contributed by atoms with Crippen molar-refractivity contribution in [3.05, 3.63) is 172 Å². The number of carbonyl (C=O) groups excluding carboxylic acids is 9. The lowest BCUT2D eigenvalue weighted by atomic mass is 9.89. The first-order valence-electron chi connectivity index (χ1n) is 34.1. The van der Waals surface area contributed by atoms with Crippen LogP contribution in [0, 0.1) is 36.0 Å². The Hall–Kier alpha value is -11.1. The highest BCUT2D eigenvalue weighted by Gasteiger charge is 2.58. The molecule has 0 radical (unpaired) electrons. The minimum absolute atomic E-state index is 0.0681. The molecule has 1 aliphatic carbocycles. The van der Waals surface area contributed by atoms with E-state index in [-0.39, 0.29) is 123 Å². The molecule has 23 heteroatoms. The third kappa shape index (κ3) is 15.8. The zero-order valence-electron chi connectivity index (χ0n) is 56.9. The number of nitrogens with zero attached hydrogens (tertiary/aromatic N) is 5. The molecule has 7 amide bonds. The van der Waals surface area contributed by atoms with Crippen LogP contribution in [-0.4, -0.2) is 137 Å². The van der Waals surface area contributed by atoms with E-state index >= 15 is 0 Å². The van der Waals surface area contributed by atoms with Crippen molar-refractivity contribution in [2.75, 3.05) is 48.5 Å². The summed E-state index contributed by atoms with van der Waals surface area (Å²) in [6, 6.07) is 32.7. The number of ether oxygens (including phenoxy) is 4. The molecule has 1 unspecified atom stereocenters. The molecule has 0 aromatic heterocycles. The van der Waals surface area contributed by atoms with E-state index in [2.05, 4.69) is 27.8 Å². The van der Waals surface area contributed by atoms with Crippen molar-refractivity contribution in [3.63, 3.8) is 0 Å². The summed E-state index contributed by atoms with van der Waals surface area (Å²) in [5, 5.41) is 30.0. The number of Topliss-reactive ketones (excluding diaryl/α,β-unsaturated/α-hetero) is 2. The zero-order chi connectivity index (χ0) is 71.2. The van der Waals surface area contributed by atoms with E-state index in [1.54, 1.807) is 102 Å². The smallest absolute Gasteiger partial charge is 0.416 e. The van der Waals surface area contributed by atoms with Crippen molar-refractivity contribution in [1.82, 2.24) is 20.4 Å². The molecule has 12 rings (SSSR count). The summed E-state index contributed by atoms with van der Waals surface area (Å²) in [7, 11) is 1.49. The summed E-state index contributed by atoms with van der Waals surface area (Å²) >= 11 is 0. The highest BCUT2D eigenvalue weighted by atomic mass is 16.6. The van der Waals surface area contributed by atoms with E-state index < -0.39 is 53.8 Å². The van der Waals surface area contributed by atoms with Crippen LogP contribution in [0.4, 0.5) is 27.5 Å². The molecule has 2 fully saturated rings. The number of benzene rings is 6. The lowest BCUT2D eigenvalue weighted by Crippen LogP contribution is -2.50. The lowest BCUT2D eigenvalue weighted by molar-refractivity contribution is -0.133. The van der Waals surface area contributed by atoms with Crippen LogP contribution in [0.3, 0.4) is 0 Å². The molecule has 5 atom stereocenters. The number of aliphatic imine (C=N–C) groups is 1. The maximum absolute atomic E-state index is 14.4. The van der Waals surface area contributed by atoms with Gasteiger partial charge in [-0.05, 0) is 127 Å². The van der Waals surface area contributed by atoms with Gasteiger partial charge in [0, 0.05) is 98.8 Å². The number of fused-ring (bicyclic) bond motifs is 6. The van der Waals surface area contributed by atoms with E-state index in [4.69, 9.17) is 23.9 Å². The van der Waals surface area contributed by atoms with Gasteiger partial charge < -0.3 is 59.8 Å². The molecule has 1 saturated heterocycles. The fraction of sp³-hybridized carbons (Fsp3) is 0.359. The first kappa shape index (κ1) is 69.8. The predicted octanol–water partition coefficient (Wildman–Crippen LogP) is 9.87. The average molecular weight is 1370 g/mol. The largest absolute Gasteiger partial charge is 0.508 e. The van der Waals surface area contributed by atoms with Crippen molar-refractivity contribution in [3.8, 4) is 34.8 Å². The summed E-state index contributed by atoms with van der Waals surface area (Å²) in [6.07, 6.45) is 3.75. The molecule has 5 heterocycles. The summed E-state index contributed by atoms with van der Waals surface area (Å²) in [4.78, 5) is 133. The summed E-state index contributed by atoms with van der Waals surface area (Å²) in [5.41, 5.74) is 7.40. The Bertz CT molecular complexity index is 4400. The number of aromatic hydroxyl groups is 1. The number of hydrogen-bond donors (Lipinski definition) is 5. The van der Waals surface area contributed by atoms with Gasteiger partial charge in [0.1, 0.15) is 29.9 Å². The molecule has 5 aliphatic heterocycles. The number of aryl methyl sites for hydroxylation is 1. The number of para-hydroxylation sites is 1. The highest BCUT2D eigenvalue weighted by Crippen LogP contribution is 2.57. The normalized spacial score (nSPS) is 17.9. The van der Waals surface area contributed by atoms with Crippen LogP contribution >= 0.6 is 0 Å². The monoisotopic (exact) mass is 1370 g/mol. The van der Waals surface area contributed by atoms with Crippen LogP contribution in [-0.2, 0) is 46.7 Å². The summed E-state index contributed by atoms with van der Waals surface area (Å²) in [6.45, 7) is 7.27. The average Bonchev–Trinajstić information content (AvgIpc) is 1.57. The van der Waals surface area contributed by atoms with Gasteiger partial charge in [0.15, 0.2) is 23.5 Å². The molecular weight excluding hydrogens is 1290 g/mol. The first-order chi connectivity index (χ1) is 48.6. The highest BCUT2D eigenvalue weighted by molar-refractivity contribution is 6.07. The Morgan fingerprint density at radius 1 is 0.752 bits per heavy atom. The fourth-order valence-electron chi connectivity index (χ4n) is 13.4. The molecule has 6 aromatic rings. The Morgan fingerprint density at radius 2 is 1.47 bits per heavy atom. The van der Waals surface area contributed by atoms with Crippen LogP contribution in [0.1, 0.15) is 139 Å². The number of ketones is 2. The Balaban J connectivity index is 0.600. The van der Waals surface area contributed by atoms with Gasteiger partial charge in [0.25, 0.3) is 11.8 Å². The maximum atomic E-state index is 14.4. The minimum atomic E-state index is -1.46. The zero-order valence-corrected chi connectivity index (χ0v) is 56.9. The fourth-order valence-corrected chi connectivity index (χ4v) is 13.4. The van der Waals surface area contributed by atoms with Gasteiger partial charge in [-0.15, -0.1) is 0 Å². The molecule has 5 N–H and O–H groups in total. The Kier molecular flexibility index (Phi) is 20.8. The molecule has 1 spiro atoms. The van der Waals surface area contributed by atoms with E-state index in [1.165, 1.54) is 14.0 Å². The van der Waals surface area contributed by atoms with Crippen LogP contribution in [0.15, 0.2) is 133 Å². The van der Waals surface area contributed by atoms with E-state index in [0.717, 1.165) is 40.0 Å². The third-order valence-corrected chi connectivity index (χ3v) is 19.4. The van der Waals surface area contributed by atoms with Crippen molar-refractivity contribution < 1.29 is 72.3 Å².